The van der Waals surface area contributed by atoms with Crippen molar-refractivity contribution in [3.63, 3.8) is 0 Å². The molecule has 1 heterocycles. The molecule has 0 saturated carbocycles. The number of aliphatic hydroxyl groups excluding tert-OH is 1. The van der Waals surface area contributed by atoms with Crippen molar-refractivity contribution in [2.75, 3.05) is 19.7 Å². The molecule has 0 spiro atoms. The van der Waals surface area contributed by atoms with Gasteiger partial charge in [0.15, 0.2) is 0 Å². The highest BCUT2D eigenvalue weighted by molar-refractivity contribution is 5.94. The molecule has 1 saturated heterocycles. The number of rotatable bonds is 1. The molecular weight excluding hydrogens is 214 g/mol. The lowest BCUT2D eigenvalue weighted by molar-refractivity contribution is -0.124. The molecule has 1 fully saturated rings. The molecule has 0 aliphatic carbocycles. The van der Waals surface area contributed by atoms with Gasteiger partial charge in [-0.15, -0.1) is 0 Å². The van der Waals surface area contributed by atoms with E-state index in [1.807, 2.05) is 30.3 Å². The van der Waals surface area contributed by atoms with Crippen molar-refractivity contribution in [2.45, 2.75) is 6.42 Å². The predicted molar refractivity (Wildman–Crippen MR) is 65.1 cm³/mol. The average Bonchev–Trinajstić information content (AvgIpc) is 2.86. The van der Waals surface area contributed by atoms with Crippen molar-refractivity contribution in [3.05, 3.63) is 35.9 Å². The van der Waals surface area contributed by atoms with Crippen LogP contribution in [0.4, 0.5) is 0 Å². The number of likely N-dealkylation sites (tertiary alicyclic amines) is 1. The summed E-state index contributed by atoms with van der Waals surface area (Å²) in [6.45, 7) is 1.47. The van der Waals surface area contributed by atoms with E-state index in [-0.39, 0.29) is 18.4 Å². The molecule has 1 N–H and O–H groups in total. The van der Waals surface area contributed by atoms with Gasteiger partial charge in [0.1, 0.15) is 0 Å². The van der Waals surface area contributed by atoms with Crippen LogP contribution in [0, 0.1) is 17.8 Å². The molecule has 0 aromatic heterocycles. The minimum absolute atomic E-state index is 0.148. The number of hydrogen-bond donors (Lipinski definition) is 1. The Balaban J connectivity index is 1.96. The molecule has 3 nitrogen and oxygen atoms in total. The molecule has 3 heteroatoms. The number of carbonyl (C=O) groups is 1. The van der Waals surface area contributed by atoms with E-state index >= 15 is 0 Å². The number of carbonyl (C=O) groups excluding carboxylic acids is 1. The summed E-state index contributed by atoms with van der Waals surface area (Å²) in [6, 6.07) is 9.46. The summed E-state index contributed by atoms with van der Waals surface area (Å²) in [5.74, 6) is 5.56. The van der Waals surface area contributed by atoms with Gasteiger partial charge in [-0.2, -0.15) is 0 Å². The molecule has 0 radical (unpaired) electrons. The molecule has 1 aromatic rings. The quantitative estimate of drug-likeness (QED) is 0.726. The Morgan fingerprint density at radius 3 is 2.82 bits per heavy atom. The average molecular weight is 229 g/mol. The SMILES string of the molecule is O=C(C#Cc1ccccc1)N1CCC(CO)C1. The number of amides is 1. The van der Waals surface area contributed by atoms with Crippen LogP contribution in [0.3, 0.4) is 0 Å². The van der Waals surface area contributed by atoms with Gasteiger partial charge in [0.25, 0.3) is 5.91 Å². The Hall–Kier alpha value is -1.79. The van der Waals surface area contributed by atoms with Gasteiger partial charge in [-0.05, 0) is 18.6 Å². The summed E-state index contributed by atoms with van der Waals surface area (Å²) in [4.78, 5) is 13.5. The van der Waals surface area contributed by atoms with Crippen LogP contribution in [-0.2, 0) is 4.79 Å². The second kappa shape index (κ2) is 5.51. The van der Waals surface area contributed by atoms with Gasteiger partial charge in [0.2, 0.25) is 0 Å². The first-order chi connectivity index (χ1) is 8.29. The van der Waals surface area contributed by atoms with Crippen LogP contribution in [0.15, 0.2) is 30.3 Å². The lowest BCUT2D eigenvalue weighted by Crippen LogP contribution is -2.27. The second-order valence-corrected chi connectivity index (χ2v) is 4.20. The van der Waals surface area contributed by atoms with Crippen molar-refractivity contribution >= 4 is 5.91 Å². The predicted octanol–water partition coefficient (Wildman–Crippen LogP) is 0.879. The summed E-state index contributed by atoms with van der Waals surface area (Å²) in [7, 11) is 0. The van der Waals surface area contributed by atoms with Crippen molar-refractivity contribution in [1.29, 1.82) is 0 Å². The van der Waals surface area contributed by atoms with E-state index < -0.39 is 0 Å². The normalized spacial score (nSPS) is 18.6. The van der Waals surface area contributed by atoms with Gasteiger partial charge in [-0.3, -0.25) is 4.79 Å². The topological polar surface area (TPSA) is 40.5 Å². The minimum atomic E-state index is -0.148. The van der Waals surface area contributed by atoms with E-state index in [1.54, 1.807) is 4.90 Å². The van der Waals surface area contributed by atoms with E-state index in [0.717, 1.165) is 12.0 Å². The van der Waals surface area contributed by atoms with E-state index in [1.165, 1.54) is 0 Å². The maximum absolute atomic E-state index is 11.8. The summed E-state index contributed by atoms with van der Waals surface area (Å²) < 4.78 is 0. The monoisotopic (exact) mass is 229 g/mol. The largest absolute Gasteiger partial charge is 0.396 e. The zero-order chi connectivity index (χ0) is 12.1. The zero-order valence-corrected chi connectivity index (χ0v) is 9.60. The van der Waals surface area contributed by atoms with Crippen LogP contribution in [0.5, 0.6) is 0 Å². The third-order valence-corrected chi connectivity index (χ3v) is 2.92. The van der Waals surface area contributed by atoms with Crippen molar-refractivity contribution < 1.29 is 9.90 Å². The van der Waals surface area contributed by atoms with Gasteiger partial charge < -0.3 is 10.0 Å². The minimum Gasteiger partial charge on any atom is -0.396 e. The molecular formula is C14H15NO2. The molecule has 88 valence electrons. The third-order valence-electron chi connectivity index (χ3n) is 2.92. The first-order valence-electron chi connectivity index (χ1n) is 5.76. The van der Waals surface area contributed by atoms with Crippen molar-refractivity contribution in [3.8, 4) is 11.8 Å². The number of hydrogen-bond acceptors (Lipinski definition) is 2. The summed E-state index contributed by atoms with van der Waals surface area (Å²) in [6.07, 6.45) is 0.870. The molecule has 1 aromatic carbocycles. The van der Waals surface area contributed by atoms with Crippen LogP contribution < -0.4 is 0 Å². The molecule has 1 amide bonds. The van der Waals surface area contributed by atoms with E-state index in [2.05, 4.69) is 11.8 Å². The van der Waals surface area contributed by atoms with Crippen LogP contribution in [-0.4, -0.2) is 35.6 Å². The lowest BCUT2D eigenvalue weighted by atomic mass is 10.1. The fourth-order valence-corrected chi connectivity index (χ4v) is 1.89. The first kappa shape index (κ1) is 11.7. The van der Waals surface area contributed by atoms with Gasteiger partial charge >= 0.3 is 0 Å². The third kappa shape index (κ3) is 3.08. The molecule has 17 heavy (non-hydrogen) atoms. The number of benzene rings is 1. The van der Waals surface area contributed by atoms with Crippen LogP contribution in [0.2, 0.25) is 0 Å². The van der Waals surface area contributed by atoms with Crippen molar-refractivity contribution in [1.82, 2.24) is 4.90 Å². The van der Waals surface area contributed by atoms with Gasteiger partial charge in [-0.1, -0.05) is 24.1 Å². The number of aliphatic hydroxyl groups is 1. The smallest absolute Gasteiger partial charge is 0.298 e. The van der Waals surface area contributed by atoms with Crippen LogP contribution in [0.25, 0.3) is 0 Å². The summed E-state index contributed by atoms with van der Waals surface area (Å²) >= 11 is 0. The maximum atomic E-state index is 11.8. The Labute approximate surface area is 101 Å². The Kier molecular flexibility index (Phi) is 3.79. The zero-order valence-electron chi connectivity index (χ0n) is 9.60. The van der Waals surface area contributed by atoms with E-state index in [0.29, 0.717) is 13.1 Å². The Bertz CT molecular complexity index is 444. The maximum Gasteiger partial charge on any atom is 0.298 e. The van der Waals surface area contributed by atoms with Crippen LogP contribution >= 0.6 is 0 Å². The van der Waals surface area contributed by atoms with Crippen molar-refractivity contribution in [2.24, 2.45) is 5.92 Å². The molecule has 1 atom stereocenters. The lowest BCUT2D eigenvalue weighted by Gasteiger charge is -2.11. The highest BCUT2D eigenvalue weighted by atomic mass is 16.3. The van der Waals surface area contributed by atoms with Crippen LogP contribution in [0.1, 0.15) is 12.0 Å². The van der Waals surface area contributed by atoms with E-state index in [9.17, 15) is 4.79 Å². The molecule has 2 rings (SSSR count). The second-order valence-electron chi connectivity index (χ2n) is 4.20. The first-order valence-corrected chi connectivity index (χ1v) is 5.76. The molecule has 1 aliphatic rings. The highest BCUT2D eigenvalue weighted by Gasteiger charge is 2.24. The van der Waals surface area contributed by atoms with Gasteiger partial charge in [0.05, 0.1) is 0 Å². The standard InChI is InChI=1S/C14H15NO2/c16-11-13-8-9-15(10-13)14(17)7-6-12-4-2-1-3-5-12/h1-5,13,16H,8-11H2. The van der Waals surface area contributed by atoms with Gasteiger partial charge in [0, 0.05) is 37.1 Å². The number of nitrogens with zero attached hydrogens (tertiary/aromatic N) is 1. The fraction of sp³-hybridized carbons (Fsp3) is 0.357. The molecule has 0 bridgehead atoms. The van der Waals surface area contributed by atoms with E-state index in [4.69, 9.17) is 5.11 Å². The highest BCUT2D eigenvalue weighted by Crippen LogP contribution is 2.14. The molecule has 1 aliphatic heterocycles. The summed E-state index contributed by atoms with van der Waals surface area (Å²) in [5, 5.41) is 9.00. The fourth-order valence-electron chi connectivity index (χ4n) is 1.89. The molecule has 1 unspecified atom stereocenters. The summed E-state index contributed by atoms with van der Waals surface area (Å²) in [5.41, 5.74) is 0.846. The Morgan fingerprint density at radius 1 is 1.41 bits per heavy atom. The Morgan fingerprint density at radius 2 is 2.18 bits per heavy atom. The van der Waals surface area contributed by atoms with Gasteiger partial charge in [-0.25, -0.2) is 0 Å².